The average Bonchev–Trinajstić information content (AvgIpc) is 3.88. The molecule has 6 rings (SSSR count). The minimum atomic E-state index is -3.52. The summed E-state index contributed by atoms with van der Waals surface area (Å²) in [6.07, 6.45) is 8.39. The molecule has 54 heavy (non-hydrogen) atoms. The first-order valence-electron chi connectivity index (χ1n) is 16.3. The summed E-state index contributed by atoms with van der Waals surface area (Å²) in [7, 11) is 3.42. The predicted octanol–water partition coefficient (Wildman–Crippen LogP) is 6.77. The molecule has 12 nitrogen and oxygen atoms in total. The van der Waals surface area contributed by atoms with Crippen molar-refractivity contribution in [3.05, 3.63) is 107 Å². The zero-order valence-corrected chi connectivity index (χ0v) is 29.2. The van der Waals surface area contributed by atoms with Crippen molar-refractivity contribution in [3.8, 4) is 34.0 Å². The van der Waals surface area contributed by atoms with Crippen LogP contribution in [0.2, 0.25) is 0 Å². The number of esters is 2. The van der Waals surface area contributed by atoms with E-state index in [-0.39, 0.29) is 47.1 Å². The van der Waals surface area contributed by atoms with Gasteiger partial charge in [-0.05, 0) is 35.4 Å². The Morgan fingerprint density at radius 1 is 0.648 bits per heavy atom. The number of halogens is 6. The van der Waals surface area contributed by atoms with Crippen LogP contribution < -0.4 is 9.47 Å². The first kappa shape index (κ1) is 37.6. The Morgan fingerprint density at radius 3 is 1.37 bits per heavy atom. The highest BCUT2D eigenvalue weighted by atomic mass is 19.3. The highest BCUT2D eigenvalue weighted by Gasteiger charge is 2.31. The molecule has 6 aromatic rings. The van der Waals surface area contributed by atoms with Crippen LogP contribution in [0.15, 0.2) is 73.6 Å². The molecule has 0 amide bonds. The normalized spacial score (nSPS) is 12.0. The van der Waals surface area contributed by atoms with Gasteiger partial charge in [0.15, 0.2) is 0 Å². The fourth-order valence-corrected chi connectivity index (χ4v) is 5.58. The maximum atomic E-state index is 14.3. The molecular weight excluding hydrogens is 722 g/mol. The fraction of sp³-hybridized carbons (Fsp3) is 0.278. The van der Waals surface area contributed by atoms with Gasteiger partial charge in [0.25, 0.3) is 11.8 Å². The van der Waals surface area contributed by atoms with E-state index in [1.807, 2.05) is 0 Å². The van der Waals surface area contributed by atoms with Crippen molar-refractivity contribution in [1.82, 2.24) is 39.1 Å². The summed E-state index contributed by atoms with van der Waals surface area (Å²) in [5.41, 5.74) is 0.0635. The fourth-order valence-electron chi connectivity index (χ4n) is 5.58. The van der Waals surface area contributed by atoms with Crippen molar-refractivity contribution in [2.75, 3.05) is 0 Å². The van der Waals surface area contributed by atoms with Gasteiger partial charge in [0.2, 0.25) is 11.8 Å². The van der Waals surface area contributed by atoms with Crippen LogP contribution in [0.1, 0.15) is 48.9 Å². The third-order valence-electron chi connectivity index (χ3n) is 8.12. The Balaban J connectivity index is 1.21. The Labute approximate surface area is 303 Å². The van der Waals surface area contributed by atoms with Crippen LogP contribution >= 0.6 is 0 Å². The summed E-state index contributed by atoms with van der Waals surface area (Å²) in [6.45, 7) is 1.42. The quantitative estimate of drug-likeness (QED) is 0.0936. The number of hydrogen-bond donors (Lipinski definition) is 0. The number of carbonyl (C=O) groups is 2. The molecular formula is C36H32F6N8O4. The van der Waals surface area contributed by atoms with Crippen molar-refractivity contribution in [3.63, 3.8) is 0 Å². The van der Waals surface area contributed by atoms with E-state index in [1.54, 1.807) is 48.2 Å². The lowest BCUT2D eigenvalue weighted by Crippen LogP contribution is -2.15. The van der Waals surface area contributed by atoms with Gasteiger partial charge in [-0.1, -0.05) is 12.1 Å². The van der Waals surface area contributed by atoms with Crippen molar-refractivity contribution in [1.29, 1.82) is 0 Å². The third-order valence-corrected chi connectivity index (χ3v) is 8.12. The van der Waals surface area contributed by atoms with E-state index in [2.05, 4.69) is 20.4 Å². The van der Waals surface area contributed by atoms with Crippen LogP contribution in [-0.4, -0.2) is 51.1 Å². The number of carbonyl (C=O) groups excluding carboxylic acids is 2. The van der Waals surface area contributed by atoms with Gasteiger partial charge in [0.1, 0.15) is 11.6 Å². The SMILES string of the molecule is Cn1cc(Cn2cc(-c3ccc(F)c(C(C)(F)F)c3)c(OC(=O)CCC(=O)Oc3nn(Cc4cnn(C)c4)cc3-c3ccc(F)c(C(C)(F)F)c3)n2)cn1. The molecule has 0 atom stereocenters. The van der Waals surface area contributed by atoms with Gasteiger partial charge in [0, 0.05) is 63.9 Å². The smallest absolute Gasteiger partial charge is 0.313 e. The molecule has 0 radical (unpaired) electrons. The molecule has 0 saturated carbocycles. The molecule has 0 fully saturated rings. The van der Waals surface area contributed by atoms with E-state index in [4.69, 9.17) is 9.47 Å². The van der Waals surface area contributed by atoms with Crippen molar-refractivity contribution >= 4 is 11.9 Å². The van der Waals surface area contributed by atoms with E-state index < -0.39 is 59.4 Å². The van der Waals surface area contributed by atoms with Crippen molar-refractivity contribution in [2.24, 2.45) is 14.1 Å². The lowest BCUT2D eigenvalue weighted by atomic mass is 10.0. The van der Waals surface area contributed by atoms with E-state index >= 15 is 0 Å². The molecule has 0 spiro atoms. The number of rotatable bonds is 13. The molecule has 0 aliphatic heterocycles. The maximum Gasteiger partial charge on any atom is 0.313 e. The third kappa shape index (κ3) is 8.70. The van der Waals surface area contributed by atoms with Gasteiger partial charge in [-0.15, -0.1) is 10.2 Å². The van der Waals surface area contributed by atoms with Crippen LogP contribution in [0.25, 0.3) is 22.3 Å². The second-order valence-corrected chi connectivity index (χ2v) is 12.7. The first-order valence-corrected chi connectivity index (χ1v) is 16.3. The monoisotopic (exact) mass is 754 g/mol. The zero-order valence-electron chi connectivity index (χ0n) is 29.2. The van der Waals surface area contributed by atoms with E-state index in [0.29, 0.717) is 13.8 Å². The topological polar surface area (TPSA) is 124 Å². The predicted molar refractivity (Wildman–Crippen MR) is 180 cm³/mol. The summed E-state index contributed by atoms with van der Waals surface area (Å²) in [5.74, 6) is -11.7. The summed E-state index contributed by atoms with van der Waals surface area (Å²) < 4.78 is 102. The van der Waals surface area contributed by atoms with Gasteiger partial charge < -0.3 is 9.47 Å². The summed E-state index contributed by atoms with van der Waals surface area (Å²) in [4.78, 5) is 26.1. The number of nitrogens with zero attached hydrogens (tertiary/aromatic N) is 8. The highest BCUT2D eigenvalue weighted by molar-refractivity contribution is 5.82. The maximum absolute atomic E-state index is 14.3. The van der Waals surface area contributed by atoms with Gasteiger partial charge in [-0.25, -0.2) is 26.3 Å². The van der Waals surface area contributed by atoms with Gasteiger partial charge in [-0.3, -0.25) is 28.3 Å². The molecule has 2 aromatic carbocycles. The number of benzene rings is 2. The number of ether oxygens (including phenoxy) is 2. The van der Waals surface area contributed by atoms with E-state index in [0.717, 1.165) is 35.4 Å². The van der Waals surface area contributed by atoms with Gasteiger partial charge >= 0.3 is 11.9 Å². The number of hydrogen-bond acceptors (Lipinski definition) is 8. The molecule has 18 heteroatoms. The molecule has 0 saturated heterocycles. The number of aromatic nitrogens is 8. The van der Waals surface area contributed by atoms with Crippen LogP contribution in [0.5, 0.6) is 11.8 Å². The number of alkyl halides is 4. The van der Waals surface area contributed by atoms with Crippen molar-refractivity contribution in [2.45, 2.75) is 51.6 Å². The second kappa shape index (κ2) is 14.7. The van der Waals surface area contributed by atoms with Gasteiger partial charge in [0.05, 0.1) is 60.6 Å². The summed E-state index contributed by atoms with van der Waals surface area (Å²) in [6, 6.07) is 6.09. The molecule has 4 aromatic heterocycles. The second-order valence-electron chi connectivity index (χ2n) is 12.7. The Bertz CT molecular complexity index is 2170. The molecule has 0 aliphatic rings. The van der Waals surface area contributed by atoms with Crippen LogP contribution in [0, 0.1) is 11.6 Å². The van der Waals surface area contributed by atoms with Crippen LogP contribution in [-0.2, 0) is 48.6 Å². The minimum absolute atomic E-state index is 0.0896. The van der Waals surface area contributed by atoms with Crippen LogP contribution in [0.4, 0.5) is 26.3 Å². The van der Waals surface area contributed by atoms with Crippen LogP contribution in [0.3, 0.4) is 0 Å². The van der Waals surface area contributed by atoms with E-state index in [9.17, 15) is 35.9 Å². The lowest BCUT2D eigenvalue weighted by molar-refractivity contribution is -0.140. The number of aryl methyl sites for hydroxylation is 2. The zero-order chi connectivity index (χ0) is 38.9. The molecule has 0 N–H and O–H groups in total. The Morgan fingerprint density at radius 2 is 1.04 bits per heavy atom. The molecule has 0 bridgehead atoms. The van der Waals surface area contributed by atoms with Gasteiger partial charge in [-0.2, -0.15) is 10.2 Å². The minimum Gasteiger partial charge on any atom is -0.405 e. The molecule has 4 heterocycles. The highest BCUT2D eigenvalue weighted by Crippen LogP contribution is 2.37. The molecule has 0 unspecified atom stereocenters. The lowest BCUT2D eigenvalue weighted by Gasteiger charge is -2.13. The summed E-state index contributed by atoms with van der Waals surface area (Å²) >= 11 is 0. The Kier molecular flexibility index (Phi) is 10.2. The Hall–Kier alpha value is -6.20. The first-order chi connectivity index (χ1) is 25.4. The largest absolute Gasteiger partial charge is 0.405 e. The van der Waals surface area contributed by atoms with Crippen molar-refractivity contribution < 1.29 is 45.4 Å². The molecule has 0 aliphatic carbocycles. The summed E-state index contributed by atoms with van der Waals surface area (Å²) in [5, 5.41) is 16.8. The van der Waals surface area contributed by atoms with E-state index in [1.165, 1.54) is 33.9 Å². The standard InChI is InChI=1S/C36H32F6N8O4/c1-35(39,40)27-11-23(5-7-29(27)37)25-19-49(17-21-13-43-47(3)15-21)45-33(25)53-31(51)9-10-32(52)54-34-26(20-50(46-34)18-22-14-44-48(4)16-22)24-6-8-30(38)28(12-24)36(2,41)42/h5-8,11-16,19-20H,9-10,17-18H2,1-4H3. The average molecular weight is 755 g/mol. The molecule has 282 valence electrons.